The van der Waals surface area contributed by atoms with Crippen molar-refractivity contribution in [2.45, 2.75) is 19.8 Å². The first-order valence-corrected chi connectivity index (χ1v) is 6.44. The van der Waals surface area contributed by atoms with Crippen LogP contribution in [0.2, 0.25) is 0 Å². The van der Waals surface area contributed by atoms with Crippen LogP contribution in [-0.2, 0) is 0 Å². The van der Waals surface area contributed by atoms with E-state index in [0.29, 0.717) is 0 Å². The second-order valence-electron chi connectivity index (χ2n) is 4.19. The van der Waals surface area contributed by atoms with Crippen LogP contribution in [0.4, 0.5) is 0 Å². The van der Waals surface area contributed by atoms with Gasteiger partial charge in [0.2, 0.25) is 0 Å². The number of ketones is 1. The summed E-state index contributed by atoms with van der Waals surface area (Å²) in [5.41, 5.74) is 1.95. The van der Waals surface area contributed by atoms with Crippen molar-refractivity contribution in [1.29, 1.82) is 0 Å². The number of carbonyl (C=O) groups excluding carboxylic acids is 1. The van der Waals surface area contributed by atoms with Gasteiger partial charge in [-0.3, -0.25) is 0 Å². The second-order valence-corrected chi connectivity index (χ2v) is 5.01. The predicted octanol–water partition coefficient (Wildman–Crippen LogP) is 1.57. The summed E-state index contributed by atoms with van der Waals surface area (Å²) in [6.07, 6.45) is 2.37. The van der Waals surface area contributed by atoms with E-state index in [9.17, 15) is 4.79 Å². The minimum atomic E-state index is 0.113. The first-order chi connectivity index (χ1) is 7.68. The normalized spacial score (nSPS) is 15.2. The van der Waals surface area contributed by atoms with E-state index < -0.39 is 0 Å². The van der Waals surface area contributed by atoms with Crippen LogP contribution in [0.5, 0.6) is 0 Å². The molecule has 0 amide bonds. The van der Waals surface area contributed by atoms with Crippen LogP contribution in [-0.4, -0.2) is 43.9 Å². The van der Waals surface area contributed by atoms with Crippen molar-refractivity contribution in [3.63, 3.8) is 0 Å². The molecule has 1 heterocycles. The van der Waals surface area contributed by atoms with Crippen LogP contribution in [0.15, 0.2) is 24.3 Å². The fourth-order valence-electron chi connectivity index (χ4n) is 1.89. The van der Waals surface area contributed by atoms with Crippen LogP contribution in [0.1, 0.15) is 28.8 Å². The molecule has 1 aromatic rings. The summed E-state index contributed by atoms with van der Waals surface area (Å²) in [7, 11) is 0. The van der Waals surface area contributed by atoms with Crippen molar-refractivity contribution >= 4 is 25.9 Å². The van der Waals surface area contributed by atoms with Gasteiger partial charge >= 0.3 is 104 Å². The molecular formula is C13H15NOSe. The molecule has 0 N–H and O–H groups in total. The number of Topliss-reactive ketones (excluding diaryl/α,β-unsaturated/α-hetero) is 1. The summed E-state index contributed by atoms with van der Waals surface area (Å²) < 4.78 is 0.765. The van der Waals surface area contributed by atoms with Crippen LogP contribution in [0.3, 0.4) is 0 Å². The van der Waals surface area contributed by atoms with Gasteiger partial charge < -0.3 is 0 Å². The fourth-order valence-corrected chi connectivity index (χ4v) is 2.52. The molecule has 0 aromatic heterocycles. The van der Waals surface area contributed by atoms with E-state index in [-0.39, 0.29) is 5.78 Å². The number of benzene rings is 1. The molecule has 0 spiro atoms. The Labute approximate surface area is 104 Å². The van der Waals surface area contributed by atoms with Crippen molar-refractivity contribution in [2.75, 3.05) is 13.1 Å². The van der Waals surface area contributed by atoms with Crippen LogP contribution >= 0.6 is 0 Å². The molecule has 3 heteroatoms. The van der Waals surface area contributed by atoms with E-state index in [0.717, 1.165) is 23.2 Å². The summed E-state index contributed by atoms with van der Waals surface area (Å²) in [5.74, 6) is 0.113. The number of hydrogen-bond acceptors (Lipinski definition) is 2. The van der Waals surface area contributed by atoms with E-state index in [1.54, 1.807) is 0 Å². The van der Waals surface area contributed by atoms with Crippen molar-refractivity contribution in [3.8, 4) is 0 Å². The molecule has 1 saturated heterocycles. The van der Waals surface area contributed by atoms with Crippen LogP contribution in [0, 0.1) is 6.92 Å². The van der Waals surface area contributed by atoms with Gasteiger partial charge in [-0.25, -0.2) is 0 Å². The van der Waals surface area contributed by atoms with Crippen LogP contribution < -0.4 is 0 Å². The van der Waals surface area contributed by atoms with Gasteiger partial charge in [0.05, 0.1) is 0 Å². The van der Waals surface area contributed by atoms with Gasteiger partial charge in [0.15, 0.2) is 0 Å². The standard InChI is InChI=1S/C13H15NOSe/c1-10-4-6-11(7-5-10)12(15)13(16)14-8-2-3-9-14/h4-7H,2-3,8-9H2,1H3. The van der Waals surface area contributed by atoms with E-state index in [1.165, 1.54) is 18.4 Å². The van der Waals surface area contributed by atoms with Gasteiger partial charge in [-0.1, -0.05) is 0 Å². The van der Waals surface area contributed by atoms with Gasteiger partial charge in [-0.2, -0.15) is 0 Å². The first kappa shape index (κ1) is 11.6. The number of aryl methyl sites for hydroxylation is 1. The van der Waals surface area contributed by atoms with E-state index in [1.807, 2.05) is 31.2 Å². The third-order valence-electron chi connectivity index (χ3n) is 2.90. The van der Waals surface area contributed by atoms with Crippen LogP contribution in [0.25, 0.3) is 0 Å². The first-order valence-electron chi connectivity index (χ1n) is 5.59. The molecule has 0 bridgehead atoms. The van der Waals surface area contributed by atoms with Gasteiger partial charge in [-0.05, 0) is 0 Å². The number of rotatable bonds is 3. The summed E-state index contributed by atoms with van der Waals surface area (Å²) in [6.45, 7) is 4.03. The SMILES string of the molecule is Cc1ccc(C(=O)C(=[Se])N2CCCC2)cc1. The summed E-state index contributed by atoms with van der Waals surface area (Å²) >= 11 is 2.92. The molecule has 0 unspecified atom stereocenters. The minimum absolute atomic E-state index is 0.113. The monoisotopic (exact) mass is 281 g/mol. The molecule has 1 fully saturated rings. The number of likely N-dealkylation sites (tertiary alicyclic amines) is 1. The molecule has 16 heavy (non-hydrogen) atoms. The average Bonchev–Trinajstić information content (AvgIpc) is 2.81. The molecule has 2 nitrogen and oxygen atoms in total. The molecule has 1 aliphatic heterocycles. The Morgan fingerprint density at radius 3 is 2.31 bits per heavy atom. The quantitative estimate of drug-likeness (QED) is 0.619. The number of hydrogen-bond donors (Lipinski definition) is 0. The summed E-state index contributed by atoms with van der Waals surface area (Å²) in [6, 6.07) is 7.74. The maximum absolute atomic E-state index is 12.1. The number of carbonyl (C=O) groups is 1. The van der Waals surface area contributed by atoms with Crippen molar-refractivity contribution < 1.29 is 4.79 Å². The molecular weight excluding hydrogens is 265 g/mol. The molecule has 0 radical (unpaired) electrons. The zero-order valence-corrected chi connectivity index (χ0v) is 11.1. The summed E-state index contributed by atoms with van der Waals surface area (Å²) in [5, 5.41) is 0. The van der Waals surface area contributed by atoms with Crippen molar-refractivity contribution in [2.24, 2.45) is 0 Å². The Morgan fingerprint density at radius 2 is 1.75 bits per heavy atom. The molecule has 1 aromatic carbocycles. The topological polar surface area (TPSA) is 20.3 Å². The number of nitrogens with zero attached hydrogens (tertiary/aromatic N) is 1. The van der Waals surface area contributed by atoms with Gasteiger partial charge in [-0.15, -0.1) is 0 Å². The van der Waals surface area contributed by atoms with Gasteiger partial charge in [0.25, 0.3) is 0 Å². The maximum atomic E-state index is 12.1. The van der Waals surface area contributed by atoms with E-state index in [4.69, 9.17) is 0 Å². The zero-order chi connectivity index (χ0) is 11.5. The Bertz CT molecular complexity index is 404. The van der Waals surface area contributed by atoms with E-state index >= 15 is 0 Å². The Kier molecular flexibility index (Phi) is 3.57. The molecule has 1 aliphatic rings. The molecule has 0 saturated carbocycles. The van der Waals surface area contributed by atoms with Crippen molar-refractivity contribution in [1.82, 2.24) is 4.90 Å². The average molecular weight is 280 g/mol. The Hall–Kier alpha value is -0.921. The van der Waals surface area contributed by atoms with E-state index in [2.05, 4.69) is 20.5 Å². The van der Waals surface area contributed by atoms with Gasteiger partial charge in [0, 0.05) is 0 Å². The van der Waals surface area contributed by atoms with Gasteiger partial charge in [0.1, 0.15) is 0 Å². The fraction of sp³-hybridized carbons (Fsp3) is 0.385. The van der Waals surface area contributed by atoms with Crippen molar-refractivity contribution in [3.05, 3.63) is 35.4 Å². The molecule has 0 atom stereocenters. The third kappa shape index (κ3) is 2.42. The molecule has 2 rings (SSSR count). The zero-order valence-electron chi connectivity index (χ0n) is 9.40. The summed E-state index contributed by atoms with van der Waals surface area (Å²) in [4.78, 5) is 14.3. The Morgan fingerprint density at radius 1 is 1.19 bits per heavy atom. The predicted molar refractivity (Wildman–Crippen MR) is 67.1 cm³/mol. The third-order valence-corrected chi connectivity index (χ3v) is 3.83. The Balaban J connectivity index is 2.12. The molecule has 0 aliphatic carbocycles. The molecule has 84 valence electrons. The second kappa shape index (κ2) is 4.94.